The highest BCUT2D eigenvalue weighted by Gasteiger charge is 2.38. The zero-order valence-corrected chi connectivity index (χ0v) is 11.6. The van der Waals surface area contributed by atoms with Gasteiger partial charge in [0.15, 0.2) is 0 Å². The monoisotopic (exact) mass is 303 g/mol. The summed E-state index contributed by atoms with van der Waals surface area (Å²) in [5, 5.41) is 10.6. The van der Waals surface area contributed by atoms with Crippen LogP contribution >= 0.6 is 0 Å². The van der Waals surface area contributed by atoms with E-state index in [-0.39, 0.29) is 31.0 Å². The number of aryl methyl sites for hydroxylation is 1. The number of fused-ring (bicyclic) bond motifs is 1. The Kier molecular flexibility index (Phi) is 3.01. The van der Waals surface area contributed by atoms with Gasteiger partial charge in [0.2, 0.25) is 5.91 Å². The molecule has 0 bridgehead atoms. The smallest absolute Gasteiger partial charge is 0.350 e. The minimum atomic E-state index is -4.63. The molecule has 0 spiro atoms. The molecular weight excluding hydrogens is 289 g/mol. The number of rotatable bonds is 3. The van der Waals surface area contributed by atoms with E-state index in [1.54, 1.807) is 0 Å². The van der Waals surface area contributed by atoms with Gasteiger partial charge in [0.25, 0.3) is 0 Å². The Morgan fingerprint density at radius 2 is 2.05 bits per heavy atom. The van der Waals surface area contributed by atoms with Crippen molar-refractivity contribution in [1.29, 1.82) is 0 Å². The highest BCUT2D eigenvalue weighted by atomic mass is 32.3. The highest BCUT2D eigenvalue weighted by Crippen LogP contribution is 2.21. The highest BCUT2D eigenvalue weighted by molar-refractivity contribution is 7.84. The van der Waals surface area contributed by atoms with Crippen LogP contribution in [0.5, 0.6) is 0 Å². The molecule has 110 valence electrons. The number of aromatic nitrogens is 3. The van der Waals surface area contributed by atoms with Crippen LogP contribution in [0.2, 0.25) is 0 Å². The zero-order chi connectivity index (χ0) is 14.5. The molecule has 0 radical (unpaired) electrons. The van der Waals surface area contributed by atoms with Gasteiger partial charge in [0.1, 0.15) is 11.6 Å². The molecule has 1 saturated heterocycles. The third-order valence-corrected chi connectivity index (χ3v) is 4.63. The molecule has 2 aliphatic heterocycles. The van der Waals surface area contributed by atoms with Gasteiger partial charge in [0, 0.05) is 26.1 Å². The van der Waals surface area contributed by atoms with Gasteiger partial charge in [-0.05, 0) is 6.92 Å². The molecule has 1 atom stereocenters. The predicted octanol–water partition coefficient (Wildman–Crippen LogP) is -1.23. The Hall–Kier alpha value is -1.55. The second-order valence-electron chi connectivity index (χ2n) is 5.14. The summed E-state index contributed by atoms with van der Waals surface area (Å²) in [5.74, 6) is 1.17. The third-order valence-electron chi connectivity index (χ3n) is 3.72. The number of carbonyl (C=O) groups is 1. The summed E-state index contributed by atoms with van der Waals surface area (Å²) in [7, 11) is -4.63. The SMILES string of the molecule is Cc1nnc2n1CC(C(=O)NC1CN(S(=O)(=O)F)C1)C2. The molecule has 1 fully saturated rings. The molecule has 1 amide bonds. The zero-order valence-electron chi connectivity index (χ0n) is 10.8. The fraction of sp³-hybridized carbons (Fsp3) is 0.700. The van der Waals surface area contributed by atoms with E-state index in [4.69, 9.17) is 0 Å². The van der Waals surface area contributed by atoms with E-state index in [2.05, 4.69) is 15.5 Å². The standard InChI is InChI=1S/C10H14FN5O3S/c1-6-13-14-9-2-7(3-16(6)9)10(17)12-8-4-15(5-8)20(11,18)19/h7-8H,2-5H2,1H3,(H,12,17). The molecule has 0 aliphatic carbocycles. The van der Waals surface area contributed by atoms with Crippen molar-refractivity contribution in [2.45, 2.75) is 25.9 Å². The molecule has 3 heterocycles. The van der Waals surface area contributed by atoms with Gasteiger partial charge in [-0.2, -0.15) is 12.7 Å². The largest absolute Gasteiger partial charge is 0.374 e. The van der Waals surface area contributed by atoms with E-state index >= 15 is 0 Å². The van der Waals surface area contributed by atoms with Crippen LogP contribution in [0.1, 0.15) is 11.6 Å². The van der Waals surface area contributed by atoms with Crippen LogP contribution in [0, 0.1) is 12.8 Å². The van der Waals surface area contributed by atoms with E-state index in [0.29, 0.717) is 17.3 Å². The summed E-state index contributed by atoms with van der Waals surface area (Å²) in [5.41, 5.74) is 0. The van der Waals surface area contributed by atoms with Crippen molar-refractivity contribution in [1.82, 2.24) is 24.4 Å². The Bertz CT molecular complexity index is 652. The van der Waals surface area contributed by atoms with Crippen molar-refractivity contribution >= 4 is 16.3 Å². The molecule has 1 aromatic rings. The molecule has 20 heavy (non-hydrogen) atoms. The molecule has 1 aromatic heterocycles. The molecule has 0 saturated carbocycles. The Labute approximate surface area is 115 Å². The van der Waals surface area contributed by atoms with E-state index < -0.39 is 10.4 Å². The Balaban J connectivity index is 1.53. The van der Waals surface area contributed by atoms with Gasteiger partial charge in [-0.25, -0.2) is 0 Å². The molecule has 2 aliphatic rings. The minimum absolute atomic E-state index is 0.0115. The summed E-state index contributed by atoms with van der Waals surface area (Å²) in [6, 6.07) is -0.319. The van der Waals surface area contributed by atoms with Gasteiger partial charge < -0.3 is 9.88 Å². The molecule has 10 heteroatoms. The van der Waals surface area contributed by atoms with Gasteiger partial charge in [-0.15, -0.1) is 10.2 Å². The summed E-state index contributed by atoms with van der Waals surface area (Å²) in [6.45, 7) is 2.33. The molecule has 8 nitrogen and oxygen atoms in total. The third kappa shape index (κ3) is 2.29. The number of halogens is 1. The van der Waals surface area contributed by atoms with Crippen LogP contribution in [-0.4, -0.2) is 52.5 Å². The van der Waals surface area contributed by atoms with Gasteiger partial charge in [0.05, 0.1) is 12.0 Å². The topological polar surface area (TPSA) is 97.2 Å². The van der Waals surface area contributed by atoms with E-state index in [1.165, 1.54) is 0 Å². The second-order valence-corrected chi connectivity index (χ2v) is 6.48. The summed E-state index contributed by atoms with van der Waals surface area (Å²) in [4.78, 5) is 12.0. The van der Waals surface area contributed by atoms with Crippen molar-refractivity contribution in [3.63, 3.8) is 0 Å². The van der Waals surface area contributed by atoms with Gasteiger partial charge >= 0.3 is 10.4 Å². The van der Waals surface area contributed by atoms with Crippen molar-refractivity contribution in [3.8, 4) is 0 Å². The van der Waals surface area contributed by atoms with Crippen LogP contribution in [0.3, 0.4) is 0 Å². The molecule has 1 N–H and O–H groups in total. The maximum absolute atomic E-state index is 12.6. The normalized spacial score (nSPS) is 23.4. The van der Waals surface area contributed by atoms with Crippen LogP contribution in [0.15, 0.2) is 0 Å². The predicted molar refractivity (Wildman–Crippen MR) is 65.5 cm³/mol. The lowest BCUT2D eigenvalue weighted by molar-refractivity contribution is -0.126. The number of hydrogen-bond acceptors (Lipinski definition) is 5. The minimum Gasteiger partial charge on any atom is -0.350 e. The first kappa shape index (κ1) is 13.4. The Morgan fingerprint density at radius 1 is 1.35 bits per heavy atom. The van der Waals surface area contributed by atoms with Gasteiger partial charge in [-0.1, -0.05) is 3.89 Å². The average Bonchev–Trinajstić information content (AvgIpc) is 2.84. The number of nitrogens with one attached hydrogen (secondary N) is 1. The van der Waals surface area contributed by atoms with Crippen molar-refractivity contribution in [2.24, 2.45) is 5.92 Å². The van der Waals surface area contributed by atoms with Crippen LogP contribution in [0.25, 0.3) is 0 Å². The van der Waals surface area contributed by atoms with E-state index in [1.807, 2.05) is 11.5 Å². The maximum Gasteiger partial charge on any atom is 0.374 e. The fourth-order valence-electron chi connectivity index (χ4n) is 2.52. The van der Waals surface area contributed by atoms with E-state index in [9.17, 15) is 17.1 Å². The molecular formula is C10H14FN5O3S. The lowest BCUT2D eigenvalue weighted by atomic mass is 10.1. The first-order chi connectivity index (χ1) is 9.34. The summed E-state index contributed by atoms with van der Waals surface area (Å²) >= 11 is 0. The first-order valence-corrected chi connectivity index (χ1v) is 7.57. The average molecular weight is 303 g/mol. The van der Waals surface area contributed by atoms with Crippen molar-refractivity contribution < 1.29 is 17.1 Å². The van der Waals surface area contributed by atoms with E-state index in [0.717, 1.165) is 11.6 Å². The number of carbonyl (C=O) groups excluding carboxylic acids is 1. The second kappa shape index (κ2) is 4.48. The maximum atomic E-state index is 12.6. The Morgan fingerprint density at radius 3 is 2.65 bits per heavy atom. The van der Waals surface area contributed by atoms with Gasteiger partial charge in [-0.3, -0.25) is 4.79 Å². The van der Waals surface area contributed by atoms with Crippen molar-refractivity contribution in [2.75, 3.05) is 13.1 Å². The lowest BCUT2D eigenvalue weighted by Gasteiger charge is -2.36. The van der Waals surface area contributed by atoms with Crippen LogP contribution < -0.4 is 5.32 Å². The number of amides is 1. The van der Waals surface area contributed by atoms with Crippen molar-refractivity contribution in [3.05, 3.63) is 11.6 Å². The fourth-order valence-corrected chi connectivity index (χ4v) is 3.24. The molecule has 0 aromatic carbocycles. The lowest BCUT2D eigenvalue weighted by Crippen LogP contribution is -2.60. The van der Waals surface area contributed by atoms with Crippen LogP contribution in [-0.2, 0) is 28.2 Å². The quantitative estimate of drug-likeness (QED) is 0.706. The van der Waals surface area contributed by atoms with Crippen LogP contribution in [0.4, 0.5) is 3.89 Å². The molecule has 1 unspecified atom stereocenters. The first-order valence-electron chi connectivity index (χ1n) is 6.23. The number of nitrogens with zero attached hydrogens (tertiary/aromatic N) is 4. The molecule has 3 rings (SSSR count). The number of hydrogen-bond donors (Lipinski definition) is 1. The summed E-state index contributed by atoms with van der Waals surface area (Å²) < 4.78 is 36.3. The summed E-state index contributed by atoms with van der Waals surface area (Å²) in [6.07, 6.45) is 0.518.